The normalized spacial score (nSPS) is 20.1. The van der Waals surface area contributed by atoms with Gasteiger partial charge in [-0.3, -0.25) is 24.5 Å². The maximum absolute atomic E-state index is 13.4. The molecule has 24 heteroatoms. The Morgan fingerprint density at radius 3 is 2.80 bits per heavy atom. The van der Waals surface area contributed by atoms with Crippen molar-refractivity contribution in [3.8, 4) is 5.75 Å². The summed E-state index contributed by atoms with van der Waals surface area (Å²) in [7, 11) is 0. The van der Waals surface area contributed by atoms with E-state index in [-0.39, 0.29) is 46.2 Å². The monoisotopic (exact) mass is 732 g/mol. The molecule has 0 aliphatic carbocycles. The molecule has 0 bridgehead atoms. The van der Waals surface area contributed by atoms with E-state index in [0.29, 0.717) is 22.1 Å². The van der Waals surface area contributed by atoms with Crippen LogP contribution in [0.2, 0.25) is 0 Å². The number of nitrogens with zero attached hydrogens (tertiary/aromatic N) is 7. The summed E-state index contributed by atoms with van der Waals surface area (Å²) in [4.78, 5) is 83.5. The molecule has 1 saturated heterocycles. The third-order valence-electron chi connectivity index (χ3n) is 6.94. The molecule has 4 amide bonds. The van der Waals surface area contributed by atoms with Gasteiger partial charge in [0.25, 0.3) is 17.4 Å². The smallest absolute Gasteiger partial charge is 0.361 e. The number of allylic oxidation sites excluding steroid dienone is 1. The van der Waals surface area contributed by atoms with E-state index in [4.69, 9.17) is 15.8 Å². The number of amides is 4. The number of thiazole rings is 1. The molecule has 256 valence electrons. The number of nitrogen functional groups attached to an aromatic ring is 1. The quantitative estimate of drug-likeness (QED) is 0.0639. The van der Waals surface area contributed by atoms with Crippen molar-refractivity contribution in [3.05, 3.63) is 67.8 Å². The van der Waals surface area contributed by atoms with E-state index in [1.165, 1.54) is 45.6 Å². The van der Waals surface area contributed by atoms with Crippen molar-refractivity contribution in [2.24, 2.45) is 10.1 Å². The zero-order valence-corrected chi connectivity index (χ0v) is 27.3. The molecule has 2 aromatic heterocycles. The van der Waals surface area contributed by atoms with E-state index in [9.17, 15) is 34.2 Å². The molecule has 0 saturated carbocycles. The first-order chi connectivity index (χ1) is 23.4. The first-order valence-corrected chi connectivity index (χ1v) is 16.7. The molecule has 4 aliphatic rings. The first kappa shape index (κ1) is 33.5. The van der Waals surface area contributed by atoms with Crippen molar-refractivity contribution in [1.29, 1.82) is 0 Å². The topological polar surface area (TPSA) is 293 Å². The van der Waals surface area contributed by atoms with E-state index < -0.39 is 46.5 Å². The predicted octanol–water partition coefficient (Wildman–Crippen LogP) is -0.842. The Labute approximate surface area is 286 Å². The summed E-state index contributed by atoms with van der Waals surface area (Å²) in [6.45, 7) is 1.35. The molecular weight excluding hydrogens is 709 g/mol. The Hall–Kier alpha value is -5.43. The number of thioether (sulfide) groups is 2. The van der Waals surface area contributed by atoms with Crippen molar-refractivity contribution in [3.63, 3.8) is 0 Å². The van der Waals surface area contributed by atoms with Gasteiger partial charge < -0.3 is 31.1 Å². The lowest BCUT2D eigenvalue weighted by Gasteiger charge is -2.49. The van der Waals surface area contributed by atoms with Crippen LogP contribution in [0.15, 0.2) is 60.9 Å². The number of fused-ring (bicyclic) bond motifs is 2. The highest BCUT2D eigenvalue weighted by molar-refractivity contribution is 8.03. The van der Waals surface area contributed by atoms with Gasteiger partial charge in [-0.25, -0.2) is 40.0 Å². The molecule has 6 rings (SSSR count). The number of hydroxylamine groups is 1. The third-order valence-corrected chi connectivity index (χ3v) is 10.0. The summed E-state index contributed by atoms with van der Waals surface area (Å²) >= 11 is 3.52. The number of nitrogens with two attached hydrogens (primary N) is 1. The Morgan fingerprint density at radius 2 is 2.10 bits per heavy atom. The first-order valence-electron chi connectivity index (χ1n) is 13.8. The number of carbonyl (C=O) groups excluding carboxylic acids is 3. The number of nitrogens with one attached hydrogen (secondary N) is 4. The number of hydrazine groups is 2. The minimum absolute atomic E-state index is 0.00202. The number of carboxylic acid groups (broad SMARTS) is 1. The number of H-pyrrole nitrogens is 1. The average molecular weight is 733 g/mol. The summed E-state index contributed by atoms with van der Waals surface area (Å²) in [6.07, 6.45) is 4.00. The number of anilines is 1. The lowest BCUT2D eigenvalue weighted by molar-refractivity contribution is -0.150. The number of urea groups is 1. The van der Waals surface area contributed by atoms with Crippen LogP contribution in [0.1, 0.15) is 18.4 Å². The molecule has 1 fully saturated rings. The summed E-state index contributed by atoms with van der Waals surface area (Å²) in [5.41, 5.74) is 9.74. The highest BCUT2D eigenvalue weighted by Gasteiger charge is 2.54. The summed E-state index contributed by atoms with van der Waals surface area (Å²) in [5.74, 6) is -2.71. The standard InChI is InChI=1S/C25H24N12O9S3/c1-9-2-15(37-14(28-9)4-35(34-37)25(44)32-45)47-6-10-7-48-22-17(21(41)36(22)18(10)23(42)43)31-20(40)16(11-8-49-24(26)29-11)33-46-5-13-27-3-12(38)19(39)30-13/h2-4,8,17,22,34,38,45H,5-7H2,1H3,(H2,26,29)(H,31,40)(H,32,44)(H,42,43)(H,27,30,39)/t17-,22-/m1/s1. The van der Waals surface area contributed by atoms with Gasteiger partial charge in [0.05, 0.1) is 17.4 Å². The number of aromatic amines is 1. The van der Waals surface area contributed by atoms with Gasteiger partial charge in [-0.05, 0) is 18.6 Å². The fourth-order valence-electron chi connectivity index (χ4n) is 4.74. The van der Waals surface area contributed by atoms with Crippen molar-refractivity contribution in [2.75, 3.05) is 17.2 Å². The lowest BCUT2D eigenvalue weighted by Crippen LogP contribution is -2.71. The van der Waals surface area contributed by atoms with Crippen molar-refractivity contribution in [2.45, 2.75) is 24.9 Å². The Morgan fingerprint density at radius 1 is 1.31 bits per heavy atom. The molecule has 49 heavy (non-hydrogen) atoms. The summed E-state index contributed by atoms with van der Waals surface area (Å²) in [6, 6.07) is -1.96. The minimum atomic E-state index is -1.32. The van der Waals surface area contributed by atoms with E-state index in [0.717, 1.165) is 27.4 Å². The molecule has 0 unspecified atom stereocenters. The van der Waals surface area contributed by atoms with E-state index in [2.05, 4.69) is 36.0 Å². The Balaban J connectivity index is 1.15. The number of aliphatic carboxylic acids is 1. The number of β-lactam (4-membered cyclic amide) rings is 1. The SMILES string of the molecule is CC1=NC2=CN(C(=O)NO)NN2C(SCC2=C(C(=O)O)N3C(=O)[C@@H](NC(=O)C(=NOCc4ncc(O)c(=O)[nH]4)c4csc(N)n4)[C@H]3SC2)=C1. The molecule has 0 radical (unpaired) electrons. The van der Waals surface area contributed by atoms with Gasteiger partial charge in [0.2, 0.25) is 0 Å². The van der Waals surface area contributed by atoms with Crippen LogP contribution < -0.4 is 27.6 Å². The lowest BCUT2D eigenvalue weighted by atomic mass is 10.0. The number of hydrogen-bond acceptors (Lipinski definition) is 18. The van der Waals surface area contributed by atoms with Crippen LogP contribution >= 0.6 is 34.9 Å². The second-order valence-electron chi connectivity index (χ2n) is 10.2. The molecule has 0 spiro atoms. The van der Waals surface area contributed by atoms with E-state index in [1.807, 2.05) is 0 Å². The van der Waals surface area contributed by atoms with Crippen LogP contribution in [0.3, 0.4) is 0 Å². The zero-order valence-electron chi connectivity index (χ0n) is 24.8. The second-order valence-corrected chi connectivity index (χ2v) is 13.2. The molecule has 2 aromatic rings. The summed E-state index contributed by atoms with van der Waals surface area (Å²) in [5, 5.41) is 38.7. The van der Waals surface area contributed by atoms with Gasteiger partial charge in [0.1, 0.15) is 28.6 Å². The number of aliphatic imine (C=N–C) groups is 1. The average Bonchev–Trinajstić information content (AvgIpc) is 3.71. The minimum Gasteiger partial charge on any atom is -0.502 e. The van der Waals surface area contributed by atoms with Crippen LogP contribution in [0.5, 0.6) is 5.75 Å². The number of oxime groups is 1. The number of rotatable bonds is 10. The van der Waals surface area contributed by atoms with Crippen LogP contribution in [-0.2, 0) is 25.8 Å². The van der Waals surface area contributed by atoms with Gasteiger partial charge in [-0.15, -0.1) is 40.4 Å². The molecule has 6 heterocycles. The van der Waals surface area contributed by atoms with Crippen LogP contribution in [-0.4, -0.2) is 103 Å². The van der Waals surface area contributed by atoms with Crippen LogP contribution in [0.4, 0.5) is 9.93 Å². The van der Waals surface area contributed by atoms with Crippen molar-refractivity contribution >= 4 is 75.2 Å². The number of aromatic hydroxyl groups is 1. The van der Waals surface area contributed by atoms with Crippen molar-refractivity contribution < 1.29 is 39.4 Å². The van der Waals surface area contributed by atoms with Gasteiger partial charge >= 0.3 is 12.0 Å². The highest BCUT2D eigenvalue weighted by atomic mass is 32.2. The molecule has 2 atom stereocenters. The Kier molecular flexibility index (Phi) is 9.28. The summed E-state index contributed by atoms with van der Waals surface area (Å²) < 4.78 is 0. The molecule has 0 aromatic carbocycles. The highest BCUT2D eigenvalue weighted by Crippen LogP contribution is 2.42. The second kappa shape index (κ2) is 13.6. The van der Waals surface area contributed by atoms with Crippen LogP contribution in [0, 0.1) is 0 Å². The van der Waals surface area contributed by atoms with E-state index >= 15 is 0 Å². The maximum atomic E-state index is 13.4. The van der Waals surface area contributed by atoms with E-state index in [1.54, 1.807) is 13.0 Å². The fraction of sp³-hybridized carbons (Fsp3) is 0.240. The molecular formula is C25H24N12O9S3. The predicted molar refractivity (Wildman–Crippen MR) is 173 cm³/mol. The fourth-order valence-corrected chi connectivity index (χ4v) is 7.85. The van der Waals surface area contributed by atoms with Gasteiger partial charge in [0, 0.05) is 22.6 Å². The number of aromatic nitrogens is 3. The molecule has 4 aliphatic heterocycles. The largest absolute Gasteiger partial charge is 0.502 e. The zero-order chi connectivity index (χ0) is 35.0. The molecule has 9 N–H and O–H groups in total. The number of hydrogen-bond donors (Lipinski definition) is 8. The third kappa shape index (κ3) is 6.66. The van der Waals surface area contributed by atoms with Gasteiger partial charge in [0.15, 0.2) is 29.0 Å². The van der Waals surface area contributed by atoms with Crippen molar-refractivity contribution in [1.82, 2.24) is 46.2 Å². The van der Waals surface area contributed by atoms with Gasteiger partial charge in [-0.1, -0.05) is 5.16 Å². The number of carboxylic acids is 1. The maximum Gasteiger partial charge on any atom is 0.361 e. The van der Waals surface area contributed by atoms with Crippen LogP contribution in [0.25, 0.3) is 0 Å². The number of carbonyl (C=O) groups is 4. The molecule has 21 nitrogen and oxygen atoms in total. The van der Waals surface area contributed by atoms with Gasteiger partial charge in [-0.2, -0.15) is 0 Å². The Bertz CT molecular complexity index is 1970.